The minimum Gasteiger partial charge on any atom is -0.487 e. The van der Waals surface area contributed by atoms with Gasteiger partial charge < -0.3 is 19.7 Å². The van der Waals surface area contributed by atoms with E-state index in [2.05, 4.69) is 25.2 Å². The van der Waals surface area contributed by atoms with Crippen LogP contribution in [0.2, 0.25) is 0 Å². The minimum absolute atomic E-state index is 0.0795. The number of aryl methyl sites for hydroxylation is 1. The van der Waals surface area contributed by atoms with Gasteiger partial charge in [-0.15, -0.1) is 0 Å². The predicted molar refractivity (Wildman–Crippen MR) is 154 cm³/mol. The molecule has 0 amide bonds. The number of benzene rings is 2. The van der Waals surface area contributed by atoms with Crippen molar-refractivity contribution in [2.75, 3.05) is 37.7 Å². The maximum atomic E-state index is 16.9. The molecule has 0 saturated carbocycles. The summed E-state index contributed by atoms with van der Waals surface area (Å²) in [7, 11) is 1.59. The monoisotopic (exact) mass is 609 g/mol. The number of hydrogen-bond donors (Lipinski definition) is 1. The smallest absolute Gasteiger partial charge is 0.319 e. The lowest BCUT2D eigenvalue weighted by atomic mass is 9.95. The SMILES string of the molecule is Cn1ncc2ccc(F)c(-c3c(F)c4c5c(nc(OCC67CCCN6CC(F)C7)nc5c3F)N3CC5CCC(N5)C3CO4)c21. The van der Waals surface area contributed by atoms with Crippen LogP contribution in [0.1, 0.15) is 32.1 Å². The van der Waals surface area contributed by atoms with Gasteiger partial charge in [0.2, 0.25) is 0 Å². The van der Waals surface area contributed by atoms with Gasteiger partial charge in [-0.2, -0.15) is 15.1 Å². The second kappa shape index (κ2) is 9.40. The molecule has 13 heteroatoms. The highest BCUT2D eigenvalue weighted by Crippen LogP contribution is 2.48. The Hall–Kier alpha value is -3.71. The lowest BCUT2D eigenvalue weighted by molar-refractivity contribution is 0.107. The van der Waals surface area contributed by atoms with E-state index in [0.29, 0.717) is 30.7 Å². The van der Waals surface area contributed by atoms with Crippen molar-refractivity contribution in [3.63, 3.8) is 0 Å². The van der Waals surface area contributed by atoms with E-state index in [1.165, 1.54) is 23.0 Å². The van der Waals surface area contributed by atoms with Gasteiger partial charge in [-0.25, -0.2) is 17.6 Å². The first kappa shape index (κ1) is 26.7. The minimum atomic E-state index is -1.03. The van der Waals surface area contributed by atoms with Crippen LogP contribution >= 0.6 is 0 Å². The summed E-state index contributed by atoms with van der Waals surface area (Å²) < 4.78 is 77.4. The van der Waals surface area contributed by atoms with Crippen molar-refractivity contribution >= 4 is 27.6 Å². The number of rotatable bonds is 4. The van der Waals surface area contributed by atoms with Crippen LogP contribution in [0, 0.1) is 17.5 Å². The average Bonchev–Trinajstić information content (AvgIpc) is 3.73. The van der Waals surface area contributed by atoms with Crippen LogP contribution in [0.25, 0.3) is 32.9 Å². The molecule has 4 fully saturated rings. The van der Waals surface area contributed by atoms with E-state index in [1.807, 2.05) is 0 Å². The molecule has 7 heterocycles. The van der Waals surface area contributed by atoms with Gasteiger partial charge in [0.05, 0.1) is 34.2 Å². The fourth-order valence-electron chi connectivity index (χ4n) is 8.50. The van der Waals surface area contributed by atoms with Crippen LogP contribution in [0.3, 0.4) is 0 Å². The number of anilines is 1. The Balaban J connectivity index is 1.26. The van der Waals surface area contributed by atoms with Gasteiger partial charge in [-0.1, -0.05) is 0 Å². The maximum absolute atomic E-state index is 16.9. The van der Waals surface area contributed by atoms with Crippen molar-refractivity contribution in [2.24, 2.45) is 7.05 Å². The number of aromatic nitrogens is 4. The van der Waals surface area contributed by atoms with Gasteiger partial charge in [0.15, 0.2) is 17.4 Å². The number of fused-ring (bicyclic) bond motifs is 7. The van der Waals surface area contributed by atoms with Crippen molar-refractivity contribution in [1.29, 1.82) is 0 Å². The van der Waals surface area contributed by atoms with Gasteiger partial charge in [-0.3, -0.25) is 9.58 Å². The number of halogens is 4. The predicted octanol–water partition coefficient (Wildman–Crippen LogP) is 4.26. The Labute approximate surface area is 250 Å². The zero-order valence-corrected chi connectivity index (χ0v) is 24.1. The van der Waals surface area contributed by atoms with Crippen molar-refractivity contribution < 1.29 is 27.0 Å². The molecule has 9 rings (SSSR count). The van der Waals surface area contributed by atoms with Crippen molar-refractivity contribution in [1.82, 2.24) is 30.0 Å². The molecule has 1 N–H and O–H groups in total. The quantitative estimate of drug-likeness (QED) is 0.344. The molecule has 4 saturated heterocycles. The lowest BCUT2D eigenvalue weighted by Gasteiger charge is -2.40. The summed E-state index contributed by atoms with van der Waals surface area (Å²) in [6.45, 7) is 2.01. The molecule has 230 valence electrons. The summed E-state index contributed by atoms with van der Waals surface area (Å²) in [6.07, 6.45) is 4.55. The molecule has 5 aliphatic heterocycles. The highest BCUT2D eigenvalue weighted by molar-refractivity contribution is 6.03. The van der Waals surface area contributed by atoms with E-state index in [4.69, 9.17) is 14.5 Å². The molecule has 2 aromatic carbocycles. The van der Waals surface area contributed by atoms with E-state index >= 15 is 13.2 Å². The number of ether oxygens (including phenoxy) is 2. The third-order valence-electron chi connectivity index (χ3n) is 10.5. The number of nitrogens with one attached hydrogen (secondary N) is 1. The van der Waals surface area contributed by atoms with Crippen LogP contribution in [-0.4, -0.2) is 87.3 Å². The van der Waals surface area contributed by atoms with E-state index in [0.717, 1.165) is 32.2 Å². The molecule has 44 heavy (non-hydrogen) atoms. The van der Waals surface area contributed by atoms with Crippen LogP contribution < -0.4 is 19.7 Å². The van der Waals surface area contributed by atoms with E-state index < -0.39 is 34.7 Å². The van der Waals surface area contributed by atoms with Crippen molar-refractivity contribution in [3.8, 4) is 22.9 Å². The lowest BCUT2D eigenvalue weighted by Crippen LogP contribution is -2.60. The molecule has 4 aromatic rings. The van der Waals surface area contributed by atoms with Gasteiger partial charge in [0.1, 0.15) is 36.5 Å². The Morgan fingerprint density at radius 2 is 2.00 bits per heavy atom. The van der Waals surface area contributed by atoms with E-state index in [1.54, 1.807) is 7.05 Å². The summed E-state index contributed by atoms with van der Waals surface area (Å²) in [5, 5.41) is 8.43. The first-order valence-corrected chi connectivity index (χ1v) is 15.3. The van der Waals surface area contributed by atoms with E-state index in [-0.39, 0.29) is 65.1 Å². The molecule has 5 aliphatic rings. The van der Waals surface area contributed by atoms with Crippen molar-refractivity contribution in [3.05, 3.63) is 35.8 Å². The first-order chi connectivity index (χ1) is 21.3. The largest absolute Gasteiger partial charge is 0.487 e. The summed E-state index contributed by atoms with van der Waals surface area (Å²) in [5.74, 6) is -2.72. The Bertz CT molecular complexity index is 1850. The zero-order chi connectivity index (χ0) is 29.9. The molecule has 0 aliphatic carbocycles. The molecule has 5 atom stereocenters. The molecule has 5 unspecified atom stereocenters. The molecular formula is C31H31F4N7O2. The number of nitrogens with zero attached hydrogens (tertiary/aromatic N) is 6. The van der Waals surface area contributed by atoms with Crippen LogP contribution in [0.4, 0.5) is 23.4 Å². The molecular weight excluding hydrogens is 578 g/mol. The van der Waals surface area contributed by atoms with Crippen molar-refractivity contribution in [2.45, 2.75) is 61.9 Å². The normalized spacial score (nSPS) is 29.2. The number of hydrogen-bond acceptors (Lipinski definition) is 8. The summed E-state index contributed by atoms with van der Waals surface area (Å²) in [4.78, 5) is 13.4. The molecule has 0 radical (unpaired) electrons. The molecule has 0 spiro atoms. The maximum Gasteiger partial charge on any atom is 0.319 e. The highest BCUT2D eigenvalue weighted by atomic mass is 19.1. The standard InChI is InChI=1S/C31H31F4N7O2/c1-40-27-15(10-36-40)3-5-18(33)21(27)22-24(34)26-23-28(25(22)35)43-13-20-19-6-4-17(37-19)12-42(20)29(23)39-30(38-26)44-14-31-7-2-8-41(31)11-16(32)9-31/h3,5,10,16-17,19-20,37H,2,4,6-9,11-14H2,1H3. The topological polar surface area (TPSA) is 80.6 Å². The average molecular weight is 610 g/mol. The van der Waals surface area contributed by atoms with Crippen LogP contribution in [-0.2, 0) is 7.05 Å². The molecule has 2 aromatic heterocycles. The molecule has 9 nitrogen and oxygen atoms in total. The highest BCUT2D eigenvalue weighted by Gasteiger charge is 2.50. The van der Waals surface area contributed by atoms with Crippen LogP contribution in [0.15, 0.2) is 18.3 Å². The third-order valence-corrected chi connectivity index (χ3v) is 10.5. The summed E-state index contributed by atoms with van der Waals surface area (Å²) in [5.41, 5.74) is -1.27. The number of alkyl halides is 1. The third kappa shape index (κ3) is 3.68. The van der Waals surface area contributed by atoms with Gasteiger partial charge >= 0.3 is 6.01 Å². The second-order valence-corrected chi connectivity index (χ2v) is 13.0. The Kier molecular flexibility index (Phi) is 5.70. The molecule has 2 bridgehead atoms. The van der Waals surface area contributed by atoms with Crippen LogP contribution in [0.5, 0.6) is 11.8 Å². The van der Waals surface area contributed by atoms with Gasteiger partial charge in [0, 0.05) is 49.6 Å². The second-order valence-electron chi connectivity index (χ2n) is 13.0. The fourth-order valence-corrected chi connectivity index (χ4v) is 8.50. The Morgan fingerprint density at radius 1 is 1.11 bits per heavy atom. The van der Waals surface area contributed by atoms with Gasteiger partial charge in [-0.05, 0) is 44.4 Å². The summed E-state index contributed by atoms with van der Waals surface area (Å²) in [6, 6.07) is 2.70. The number of piperazine rings is 1. The Morgan fingerprint density at radius 3 is 2.89 bits per heavy atom. The first-order valence-electron chi connectivity index (χ1n) is 15.3. The zero-order valence-electron chi connectivity index (χ0n) is 24.1. The van der Waals surface area contributed by atoms with Gasteiger partial charge in [0.25, 0.3) is 0 Å². The summed E-state index contributed by atoms with van der Waals surface area (Å²) >= 11 is 0. The fraction of sp³-hybridized carbons (Fsp3) is 0.516. The van der Waals surface area contributed by atoms with E-state index in [9.17, 15) is 4.39 Å².